The third kappa shape index (κ3) is 4.13. The standard InChI is InChI=1S/C11H21NO5S/c1-10(2,3)16-9(13)12-8-6-7-11(12,4)17-18(5,14)15/h6-8H2,1-5H3/t11-/m0/s1. The van der Waals surface area contributed by atoms with Gasteiger partial charge in [-0.15, -0.1) is 0 Å². The fourth-order valence-corrected chi connectivity index (χ4v) is 2.78. The zero-order chi connectivity index (χ0) is 14.2. The molecule has 0 radical (unpaired) electrons. The summed E-state index contributed by atoms with van der Waals surface area (Å²) < 4.78 is 32.8. The molecular formula is C11H21NO5S. The van der Waals surface area contributed by atoms with Crippen LogP contribution in [0.5, 0.6) is 0 Å². The van der Waals surface area contributed by atoms with Crippen molar-refractivity contribution in [3.8, 4) is 0 Å². The maximum atomic E-state index is 12.0. The van der Waals surface area contributed by atoms with Gasteiger partial charge in [-0.1, -0.05) is 0 Å². The van der Waals surface area contributed by atoms with Crippen LogP contribution in [0, 0.1) is 0 Å². The molecule has 1 amide bonds. The molecule has 7 heteroatoms. The number of ether oxygens (including phenoxy) is 1. The van der Waals surface area contributed by atoms with Crippen LogP contribution in [0.25, 0.3) is 0 Å². The number of likely N-dealkylation sites (tertiary alicyclic amines) is 1. The number of rotatable bonds is 2. The molecule has 0 aromatic carbocycles. The van der Waals surface area contributed by atoms with Crippen molar-refractivity contribution in [2.45, 2.75) is 51.9 Å². The Kier molecular flexibility index (Phi) is 3.97. The summed E-state index contributed by atoms with van der Waals surface area (Å²) in [5.74, 6) is 0. The maximum absolute atomic E-state index is 12.0. The molecule has 1 aliphatic heterocycles. The molecule has 1 heterocycles. The molecule has 1 saturated heterocycles. The first-order chi connectivity index (χ1) is 7.93. The van der Waals surface area contributed by atoms with Crippen LogP contribution in [0.3, 0.4) is 0 Å². The van der Waals surface area contributed by atoms with E-state index in [4.69, 9.17) is 8.92 Å². The van der Waals surface area contributed by atoms with Gasteiger partial charge in [0.2, 0.25) is 0 Å². The molecule has 18 heavy (non-hydrogen) atoms. The van der Waals surface area contributed by atoms with Gasteiger partial charge in [0.05, 0.1) is 6.26 Å². The van der Waals surface area contributed by atoms with E-state index in [1.165, 1.54) is 4.90 Å². The number of nitrogens with zero attached hydrogens (tertiary/aromatic N) is 1. The van der Waals surface area contributed by atoms with Gasteiger partial charge in [-0.05, 0) is 40.5 Å². The first kappa shape index (κ1) is 15.2. The first-order valence-corrected chi connectivity index (χ1v) is 7.66. The summed E-state index contributed by atoms with van der Waals surface area (Å²) in [5, 5.41) is 0. The number of amides is 1. The topological polar surface area (TPSA) is 72.9 Å². The van der Waals surface area contributed by atoms with E-state index in [1.54, 1.807) is 27.7 Å². The molecule has 0 unspecified atom stereocenters. The summed E-state index contributed by atoms with van der Waals surface area (Å²) in [5.41, 5.74) is -1.76. The highest BCUT2D eigenvalue weighted by atomic mass is 32.2. The SMILES string of the molecule is CC(C)(C)OC(=O)N1CCC[C@]1(C)OS(C)(=O)=O. The maximum Gasteiger partial charge on any atom is 0.412 e. The Morgan fingerprint density at radius 2 is 1.89 bits per heavy atom. The van der Waals surface area contributed by atoms with Crippen molar-refractivity contribution < 1.29 is 22.1 Å². The molecule has 0 bridgehead atoms. The van der Waals surface area contributed by atoms with E-state index in [-0.39, 0.29) is 0 Å². The molecular weight excluding hydrogens is 258 g/mol. The summed E-state index contributed by atoms with van der Waals surface area (Å²) in [6.45, 7) is 7.30. The van der Waals surface area contributed by atoms with Crippen molar-refractivity contribution in [3.63, 3.8) is 0 Å². The lowest BCUT2D eigenvalue weighted by atomic mass is 10.2. The first-order valence-electron chi connectivity index (χ1n) is 5.84. The Morgan fingerprint density at radius 3 is 2.33 bits per heavy atom. The van der Waals surface area contributed by atoms with Crippen molar-refractivity contribution in [2.24, 2.45) is 0 Å². The molecule has 1 fully saturated rings. The molecule has 0 aliphatic carbocycles. The monoisotopic (exact) mass is 279 g/mol. The van der Waals surface area contributed by atoms with Gasteiger partial charge in [0.25, 0.3) is 10.1 Å². The van der Waals surface area contributed by atoms with Gasteiger partial charge in [-0.25, -0.2) is 8.98 Å². The largest absolute Gasteiger partial charge is 0.444 e. The van der Waals surface area contributed by atoms with Crippen LogP contribution < -0.4 is 0 Å². The smallest absolute Gasteiger partial charge is 0.412 e. The second-order valence-electron chi connectivity index (χ2n) is 5.70. The summed E-state index contributed by atoms with van der Waals surface area (Å²) in [7, 11) is -3.63. The van der Waals surface area contributed by atoms with Crippen LogP contribution in [0.4, 0.5) is 4.79 Å². The van der Waals surface area contributed by atoms with Gasteiger partial charge >= 0.3 is 6.09 Å². The Morgan fingerprint density at radius 1 is 1.33 bits per heavy atom. The van der Waals surface area contributed by atoms with E-state index >= 15 is 0 Å². The van der Waals surface area contributed by atoms with Crippen LogP contribution >= 0.6 is 0 Å². The Bertz CT molecular complexity index is 425. The summed E-state index contributed by atoms with van der Waals surface area (Å²) >= 11 is 0. The second kappa shape index (κ2) is 4.70. The molecule has 0 saturated carbocycles. The normalized spacial score (nSPS) is 25.3. The Balaban J connectivity index is 2.85. The van der Waals surface area contributed by atoms with Crippen molar-refractivity contribution in [1.29, 1.82) is 0 Å². The molecule has 0 aromatic rings. The molecule has 106 valence electrons. The minimum Gasteiger partial charge on any atom is -0.444 e. The predicted octanol–water partition coefficient (Wildman–Crippen LogP) is 1.71. The quantitative estimate of drug-likeness (QED) is 0.719. The van der Waals surface area contributed by atoms with Crippen LogP contribution in [0.1, 0.15) is 40.5 Å². The van der Waals surface area contributed by atoms with Gasteiger partial charge in [-0.3, -0.25) is 4.90 Å². The molecule has 0 N–H and O–H groups in total. The highest BCUT2D eigenvalue weighted by Crippen LogP contribution is 2.32. The minimum atomic E-state index is -3.63. The predicted molar refractivity (Wildman–Crippen MR) is 66.5 cm³/mol. The van der Waals surface area contributed by atoms with E-state index in [0.717, 1.165) is 6.26 Å². The molecule has 6 nitrogen and oxygen atoms in total. The van der Waals surface area contributed by atoms with Crippen LogP contribution in [-0.2, 0) is 19.0 Å². The van der Waals surface area contributed by atoms with E-state index in [0.29, 0.717) is 19.4 Å². The van der Waals surface area contributed by atoms with Crippen molar-refractivity contribution in [3.05, 3.63) is 0 Å². The van der Waals surface area contributed by atoms with Gasteiger partial charge in [0.1, 0.15) is 5.60 Å². The number of hydrogen-bond donors (Lipinski definition) is 0. The second-order valence-corrected chi connectivity index (χ2v) is 7.27. The lowest BCUT2D eigenvalue weighted by molar-refractivity contribution is -0.0506. The van der Waals surface area contributed by atoms with Gasteiger partial charge < -0.3 is 4.74 Å². The minimum absolute atomic E-state index is 0.431. The molecule has 1 rings (SSSR count). The van der Waals surface area contributed by atoms with E-state index < -0.39 is 27.5 Å². The van der Waals surface area contributed by atoms with Crippen molar-refractivity contribution in [2.75, 3.05) is 12.8 Å². The molecule has 1 atom stereocenters. The fraction of sp³-hybridized carbons (Fsp3) is 0.909. The molecule has 1 aliphatic rings. The van der Waals surface area contributed by atoms with Crippen molar-refractivity contribution >= 4 is 16.2 Å². The lowest BCUT2D eigenvalue weighted by Crippen LogP contribution is -2.49. The van der Waals surface area contributed by atoms with Gasteiger partial charge in [0.15, 0.2) is 5.72 Å². The Labute approximate surface area is 108 Å². The fourth-order valence-electron chi connectivity index (χ4n) is 1.95. The zero-order valence-corrected chi connectivity index (χ0v) is 12.3. The highest BCUT2D eigenvalue weighted by molar-refractivity contribution is 7.86. The van der Waals surface area contributed by atoms with Crippen LogP contribution in [-0.4, -0.2) is 43.5 Å². The average molecular weight is 279 g/mol. The Hall–Kier alpha value is -0.820. The van der Waals surface area contributed by atoms with E-state index in [2.05, 4.69) is 0 Å². The van der Waals surface area contributed by atoms with Crippen LogP contribution in [0.2, 0.25) is 0 Å². The third-order valence-electron chi connectivity index (χ3n) is 2.54. The van der Waals surface area contributed by atoms with Crippen molar-refractivity contribution in [1.82, 2.24) is 4.90 Å². The summed E-state index contributed by atoms with van der Waals surface area (Å²) in [6.07, 6.45) is 1.58. The molecule has 0 aromatic heterocycles. The third-order valence-corrected chi connectivity index (χ3v) is 3.20. The van der Waals surface area contributed by atoms with E-state index in [9.17, 15) is 13.2 Å². The highest BCUT2D eigenvalue weighted by Gasteiger charge is 2.45. The summed E-state index contributed by atoms with van der Waals surface area (Å²) in [4.78, 5) is 13.3. The average Bonchev–Trinajstić information content (AvgIpc) is 2.39. The lowest BCUT2D eigenvalue weighted by Gasteiger charge is -2.34. The van der Waals surface area contributed by atoms with Gasteiger partial charge in [0, 0.05) is 6.54 Å². The molecule has 0 spiro atoms. The number of carbonyl (C=O) groups is 1. The van der Waals surface area contributed by atoms with Crippen LogP contribution in [0.15, 0.2) is 0 Å². The summed E-state index contributed by atoms with van der Waals surface area (Å²) in [6, 6.07) is 0. The van der Waals surface area contributed by atoms with E-state index in [1.807, 2.05) is 0 Å². The zero-order valence-electron chi connectivity index (χ0n) is 11.5. The number of hydrogen-bond acceptors (Lipinski definition) is 5. The van der Waals surface area contributed by atoms with Gasteiger partial charge in [-0.2, -0.15) is 8.42 Å². The number of carbonyl (C=O) groups excluding carboxylic acids is 1.